The number of hydrogen-bond acceptors (Lipinski definition) is 4. The van der Waals surface area contributed by atoms with Crippen molar-refractivity contribution >= 4 is 9.84 Å². The number of rotatable bonds is 6. The zero-order valence-electron chi connectivity index (χ0n) is 10.5. The van der Waals surface area contributed by atoms with E-state index in [0.29, 0.717) is 12.6 Å². The first-order valence-electron chi connectivity index (χ1n) is 5.85. The van der Waals surface area contributed by atoms with Crippen molar-refractivity contribution in [2.75, 3.05) is 26.0 Å². The van der Waals surface area contributed by atoms with Crippen LogP contribution >= 0.6 is 0 Å². The second-order valence-corrected chi connectivity index (χ2v) is 7.78. The van der Waals surface area contributed by atoms with Gasteiger partial charge in [-0.3, -0.25) is 0 Å². The van der Waals surface area contributed by atoms with Crippen molar-refractivity contribution < 1.29 is 13.2 Å². The molecule has 16 heavy (non-hydrogen) atoms. The van der Waals surface area contributed by atoms with Crippen LogP contribution in [0.2, 0.25) is 0 Å². The molecule has 4 nitrogen and oxygen atoms in total. The van der Waals surface area contributed by atoms with E-state index in [4.69, 9.17) is 4.74 Å². The molecule has 1 aliphatic heterocycles. The van der Waals surface area contributed by atoms with E-state index in [1.165, 1.54) is 6.26 Å². The van der Waals surface area contributed by atoms with Gasteiger partial charge in [0.05, 0.1) is 10.9 Å². The third kappa shape index (κ3) is 4.03. The van der Waals surface area contributed by atoms with Gasteiger partial charge in [0.2, 0.25) is 0 Å². The summed E-state index contributed by atoms with van der Waals surface area (Å²) >= 11 is 0. The average Bonchev–Trinajstić information content (AvgIpc) is 2.63. The molecule has 1 fully saturated rings. The molecule has 0 aliphatic carbocycles. The first kappa shape index (κ1) is 13.9. The Morgan fingerprint density at radius 1 is 1.44 bits per heavy atom. The summed E-state index contributed by atoms with van der Waals surface area (Å²) in [7, 11) is -3.00. The van der Waals surface area contributed by atoms with Crippen LogP contribution in [0, 0.1) is 0 Å². The van der Waals surface area contributed by atoms with Crippen LogP contribution in [-0.4, -0.2) is 45.2 Å². The lowest BCUT2D eigenvalue weighted by Crippen LogP contribution is -2.42. The Bertz CT molecular complexity index is 305. The highest BCUT2D eigenvalue weighted by atomic mass is 32.2. The summed E-state index contributed by atoms with van der Waals surface area (Å²) in [4.78, 5) is 0. The molecule has 0 saturated carbocycles. The fourth-order valence-electron chi connectivity index (χ4n) is 1.66. The first-order valence-corrected chi connectivity index (χ1v) is 7.74. The Hall–Kier alpha value is -0.130. The van der Waals surface area contributed by atoms with Gasteiger partial charge < -0.3 is 10.1 Å². The molecule has 96 valence electrons. The second kappa shape index (κ2) is 5.47. The molecule has 0 aromatic rings. The van der Waals surface area contributed by atoms with Gasteiger partial charge in [-0.15, -0.1) is 0 Å². The van der Waals surface area contributed by atoms with Gasteiger partial charge in [-0.05, 0) is 39.7 Å². The lowest BCUT2D eigenvalue weighted by molar-refractivity contribution is 0.104. The molecule has 0 radical (unpaired) electrons. The predicted octanol–water partition coefficient (Wildman–Crippen LogP) is 0.968. The highest BCUT2D eigenvalue weighted by Crippen LogP contribution is 2.15. The van der Waals surface area contributed by atoms with Crippen LogP contribution in [0.4, 0.5) is 0 Å². The lowest BCUT2D eigenvalue weighted by Gasteiger charge is -2.23. The third-order valence-corrected chi connectivity index (χ3v) is 5.37. The number of hydrogen-bond donors (Lipinski definition) is 1. The van der Waals surface area contributed by atoms with Crippen molar-refractivity contribution in [3.8, 4) is 0 Å². The summed E-state index contributed by atoms with van der Waals surface area (Å²) in [6.07, 6.45) is 4.92. The Morgan fingerprint density at radius 2 is 2.12 bits per heavy atom. The summed E-state index contributed by atoms with van der Waals surface area (Å²) < 4.78 is 27.7. The fraction of sp³-hybridized carbons (Fsp3) is 1.00. The summed E-state index contributed by atoms with van der Waals surface area (Å²) in [6, 6.07) is 0. The Morgan fingerprint density at radius 3 is 2.62 bits per heavy atom. The summed E-state index contributed by atoms with van der Waals surface area (Å²) in [6.45, 7) is 5.70. The monoisotopic (exact) mass is 249 g/mol. The molecule has 1 aliphatic rings. The van der Waals surface area contributed by atoms with Crippen molar-refractivity contribution in [3.63, 3.8) is 0 Å². The maximum atomic E-state index is 11.4. The zero-order chi connectivity index (χ0) is 12.2. The maximum Gasteiger partial charge on any atom is 0.153 e. The van der Waals surface area contributed by atoms with E-state index in [-0.39, 0.29) is 0 Å². The van der Waals surface area contributed by atoms with Crippen molar-refractivity contribution in [2.24, 2.45) is 0 Å². The van der Waals surface area contributed by atoms with E-state index >= 15 is 0 Å². The van der Waals surface area contributed by atoms with Gasteiger partial charge in [0.1, 0.15) is 0 Å². The molecule has 1 rings (SSSR count). The average molecular weight is 249 g/mol. The van der Waals surface area contributed by atoms with Gasteiger partial charge >= 0.3 is 0 Å². The summed E-state index contributed by atoms with van der Waals surface area (Å²) in [5.41, 5.74) is 0. The van der Waals surface area contributed by atoms with Crippen LogP contribution in [0.5, 0.6) is 0 Å². The molecule has 0 amide bonds. The minimum atomic E-state index is -3.00. The van der Waals surface area contributed by atoms with Gasteiger partial charge in [-0.1, -0.05) is 0 Å². The van der Waals surface area contributed by atoms with Crippen LogP contribution in [0.1, 0.15) is 33.1 Å². The smallest absolute Gasteiger partial charge is 0.153 e. The molecular weight excluding hydrogens is 226 g/mol. The molecule has 0 aromatic heterocycles. The number of sulfone groups is 1. The minimum Gasteiger partial charge on any atom is -0.378 e. The normalized spacial score (nSPS) is 22.6. The molecule has 1 N–H and O–H groups in total. The molecule has 1 saturated heterocycles. The number of nitrogens with one attached hydrogen (secondary N) is 1. The first-order chi connectivity index (χ1) is 7.33. The molecule has 0 spiro atoms. The SMILES string of the molecule is CC(C)(CNCCC1CCCO1)S(C)(=O)=O. The molecular formula is C11H23NO3S. The van der Waals surface area contributed by atoms with E-state index in [1.807, 2.05) is 0 Å². The van der Waals surface area contributed by atoms with Gasteiger partial charge in [0, 0.05) is 19.4 Å². The summed E-state index contributed by atoms with van der Waals surface area (Å²) in [5.74, 6) is 0. The van der Waals surface area contributed by atoms with Crippen molar-refractivity contribution in [3.05, 3.63) is 0 Å². The van der Waals surface area contributed by atoms with Gasteiger partial charge in [0.15, 0.2) is 9.84 Å². The summed E-state index contributed by atoms with van der Waals surface area (Å²) in [5, 5.41) is 3.20. The maximum absolute atomic E-state index is 11.4. The quantitative estimate of drug-likeness (QED) is 0.713. The standard InChI is InChI=1S/C11H23NO3S/c1-11(2,16(3,13)14)9-12-7-6-10-5-4-8-15-10/h10,12H,4-9H2,1-3H3. The van der Waals surface area contributed by atoms with E-state index in [9.17, 15) is 8.42 Å². The van der Waals surface area contributed by atoms with Crippen LogP contribution in [0.3, 0.4) is 0 Å². The largest absolute Gasteiger partial charge is 0.378 e. The Labute approximate surface area is 98.7 Å². The van der Waals surface area contributed by atoms with E-state index in [1.54, 1.807) is 13.8 Å². The third-order valence-electron chi connectivity index (χ3n) is 3.22. The second-order valence-electron chi connectivity index (χ2n) is 5.13. The number of ether oxygens (including phenoxy) is 1. The molecule has 0 bridgehead atoms. The van der Waals surface area contributed by atoms with Crippen LogP contribution in [0.25, 0.3) is 0 Å². The highest BCUT2D eigenvalue weighted by Gasteiger charge is 2.29. The van der Waals surface area contributed by atoms with Crippen LogP contribution < -0.4 is 5.32 Å². The fourth-order valence-corrected chi connectivity index (χ4v) is 2.02. The molecule has 1 heterocycles. The Balaban J connectivity index is 2.19. The van der Waals surface area contributed by atoms with Gasteiger partial charge in [0.25, 0.3) is 0 Å². The lowest BCUT2D eigenvalue weighted by atomic mass is 10.1. The molecule has 5 heteroatoms. The predicted molar refractivity (Wildman–Crippen MR) is 65.4 cm³/mol. The Kier molecular flexibility index (Phi) is 4.76. The van der Waals surface area contributed by atoms with Crippen molar-refractivity contribution in [1.82, 2.24) is 5.32 Å². The van der Waals surface area contributed by atoms with Crippen LogP contribution in [0.15, 0.2) is 0 Å². The van der Waals surface area contributed by atoms with Crippen molar-refractivity contribution in [2.45, 2.75) is 44.0 Å². The van der Waals surface area contributed by atoms with Gasteiger partial charge in [-0.2, -0.15) is 0 Å². The molecule has 1 atom stereocenters. The topological polar surface area (TPSA) is 55.4 Å². The van der Waals surface area contributed by atoms with Crippen LogP contribution in [-0.2, 0) is 14.6 Å². The van der Waals surface area contributed by atoms with E-state index < -0.39 is 14.6 Å². The zero-order valence-corrected chi connectivity index (χ0v) is 11.3. The minimum absolute atomic E-state index is 0.369. The molecule has 1 unspecified atom stereocenters. The van der Waals surface area contributed by atoms with E-state index in [0.717, 1.165) is 32.4 Å². The highest BCUT2D eigenvalue weighted by molar-refractivity contribution is 7.92. The van der Waals surface area contributed by atoms with Gasteiger partial charge in [-0.25, -0.2) is 8.42 Å². The van der Waals surface area contributed by atoms with Crippen molar-refractivity contribution in [1.29, 1.82) is 0 Å². The molecule has 0 aromatic carbocycles. The van der Waals surface area contributed by atoms with E-state index in [2.05, 4.69) is 5.32 Å².